The van der Waals surface area contributed by atoms with Gasteiger partial charge in [0.2, 0.25) is 0 Å². The minimum atomic E-state index is -0.330. The third-order valence-corrected chi connectivity index (χ3v) is 8.46. The van der Waals surface area contributed by atoms with Gasteiger partial charge in [0.05, 0.1) is 22.4 Å². The van der Waals surface area contributed by atoms with E-state index in [2.05, 4.69) is 27.1 Å². The average molecular weight is 566 g/mol. The van der Waals surface area contributed by atoms with Crippen molar-refractivity contribution in [1.82, 2.24) is 15.2 Å². The van der Waals surface area contributed by atoms with Crippen LogP contribution in [0.2, 0.25) is 0 Å². The Balaban J connectivity index is 1.28. The van der Waals surface area contributed by atoms with Crippen molar-refractivity contribution in [2.75, 3.05) is 23.3 Å². The lowest BCUT2D eigenvalue weighted by molar-refractivity contribution is 0.0920. The predicted octanol–water partition coefficient (Wildman–Crippen LogP) is 7.36. The molecule has 208 valence electrons. The van der Waals surface area contributed by atoms with Crippen LogP contribution in [-0.4, -0.2) is 41.0 Å². The number of carbonyl (C=O) groups excluding carboxylic acids is 2. The molecule has 2 aromatic heterocycles. The zero-order chi connectivity index (χ0) is 28.5. The maximum Gasteiger partial charge on any atom is 0.331 e. The van der Waals surface area contributed by atoms with Crippen LogP contribution in [0.3, 0.4) is 0 Å². The van der Waals surface area contributed by atoms with Crippen LogP contribution in [0, 0.1) is 6.92 Å². The first-order chi connectivity index (χ1) is 19.9. The Kier molecular flexibility index (Phi) is 7.19. The second kappa shape index (κ2) is 11.1. The monoisotopic (exact) mass is 565 g/mol. The second-order valence-electron chi connectivity index (χ2n) is 10.2. The van der Waals surface area contributed by atoms with E-state index in [1.165, 1.54) is 11.3 Å². The van der Waals surface area contributed by atoms with Gasteiger partial charge in [-0.25, -0.2) is 9.78 Å². The second-order valence-corrected chi connectivity index (χ2v) is 11.2. The molecule has 1 fully saturated rings. The van der Waals surface area contributed by atoms with Crippen molar-refractivity contribution in [2.45, 2.75) is 32.7 Å². The Bertz CT molecular complexity index is 1680. The van der Waals surface area contributed by atoms with Gasteiger partial charge in [-0.1, -0.05) is 30.9 Å². The Morgan fingerprint density at radius 1 is 1.17 bits per heavy atom. The van der Waals surface area contributed by atoms with Crippen molar-refractivity contribution < 1.29 is 14.3 Å². The number of hydrogen-bond acceptors (Lipinski definition) is 6. The number of ether oxygens (including phenoxy) is 1. The maximum atomic E-state index is 13.6. The van der Waals surface area contributed by atoms with E-state index in [1.807, 2.05) is 80.6 Å². The van der Waals surface area contributed by atoms with Gasteiger partial charge in [0, 0.05) is 31.0 Å². The highest BCUT2D eigenvalue weighted by molar-refractivity contribution is 7.21. The van der Waals surface area contributed by atoms with E-state index in [-0.39, 0.29) is 18.0 Å². The van der Waals surface area contributed by atoms with Crippen LogP contribution < -0.4 is 20.3 Å². The molecule has 0 unspecified atom stereocenters. The molecule has 1 atom stereocenters. The molecule has 41 heavy (non-hydrogen) atoms. The minimum Gasteiger partial charge on any atom is -0.457 e. The quantitative estimate of drug-likeness (QED) is 0.229. The Morgan fingerprint density at radius 3 is 2.78 bits per heavy atom. The van der Waals surface area contributed by atoms with E-state index in [0.29, 0.717) is 33.4 Å². The number of anilines is 3. The van der Waals surface area contributed by atoms with Gasteiger partial charge in [0.25, 0.3) is 5.91 Å². The van der Waals surface area contributed by atoms with Crippen LogP contribution in [0.1, 0.15) is 35.0 Å². The van der Waals surface area contributed by atoms with Gasteiger partial charge in [-0.15, -0.1) is 11.3 Å². The highest BCUT2D eigenvalue weighted by Gasteiger charge is 2.34. The van der Waals surface area contributed by atoms with Gasteiger partial charge >= 0.3 is 6.03 Å². The fraction of sp³-hybridized carbons (Fsp3) is 0.219. The zero-order valence-corrected chi connectivity index (χ0v) is 23.8. The standard InChI is InChI=1S/C32H31N5O3S/c1-4-9-21(3)36-17-8-10-22(19-36)34-30(38)29-28-27-26(15-16-33-31(27)41-29)37(32(39)35-28)25-14-13-24(18-20(25)2)40-23-11-6-5-7-12-23/h4-7,9,11-16,18,22H,3,8,10,17,19H2,1-2H3,(H,34,38)(H,35,39)/b9-4-/t22-/m1/s1. The fourth-order valence-electron chi connectivity index (χ4n) is 5.46. The number of nitrogens with zero attached hydrogens (tertiary/aromatic N) is 3. The smallest absolute Gasteiger partial charge is 0.331 e. The molecule has 0 aliphatic carbocycles. The Morgan fingerprint density at radius 2 is 2.00 bits per heavy atom. The van der Waals surface area contributed by atoms with Gasteiger partial charge in [0.15, 0.2) is 0 Å². The number of rotatable bonds is 7. The topological polar surface area (TPSA) is 86.8 Å². The predicted molar refractivity (Wildman–Crippen MR) is 164 cm³/mol. The summed E-state index contributed by atoms with van der Waals surface area (Å²) >= 11 is 1.29. The lowest BCUT2D eigenvalue weighted by Crippen LogP contribution is -2.47. The first-order valence-electron chi connectivity index (χ1n) is 13.7. The molecule has 0 saturated carbocycles. The molecule has 4 aromatic rings. The largest absolute Gasteiger partial charge is 0.457 e. The van der Waals surface area contributed by atoms with Gasteiger partial charge in [-0.05, 0) is 74.7 Å². The summed E-state index contributed by atoms with van der Waals surface area (Å²) in [7, 11) is 0. The number of amides is 3. The first-order valence-corrected chi connectivity index (χ1v) is 14.5. The summed E-state index contributed by atoms with van der Waals surface area (Å²) in [6, 6.07) is 16.7. The van der Waals surface area contributed by atoms with Crippen LogP contribution in [0.25, 0.3) is 10.2 Å². The molecular formula is C32H31N5O3S. The van der Waals surface area contributed by atoms with E-state index >= 15 is 0 Å². The number of piperidine rings is 1. The number of allylic oxidation sites excluding steroid dienone is 2. The van der Waals surface area contributed by atoms with E-state index < -0.39 is 0 Å². The number of aromatic nitrogens is 1. The van der Waals surface area contributed by atoms with Gasteiger partial charge < -0.3 is 20.3 Å². The molecule has 6 rings (SSSR count). The molecule has 2 N–H and O–H groups in total. The van der Waals surface area contributed by atoms with E-state index in [9.17, 15) is 9.59 Å². The number of para-hydroxylation sites is 1. The minimum absolute atomic E-state index is 0.0156. The average Bonchev–Trinajstić information content (AvgIpc) is 3.34. The Hall–Kier alpha value is -4.63. The molecule has 4 heterocycles. The summed E-state index contributed by atoms with van der Waals surface area (Å²) in [6.45, 7) is 9.67. The molecule has 1 saturated heterocycles. The number of hydrogen-bond donors (Lipinski definition) is 2. The molecule has 0 spiro atoms. The maximum absolute atomic E-state index is 13.6. The molecule has 2 aliphatic rings. The molecule has 3 amide bonds. The number of benzene rings is 2. The van der Waals surface area contributed by atoms with Gasteiger partial charge in [-0.2, -0.15) is 0 Å². The number of aryl methyl sites for hydroxylation is 1. The van der Waals surface area contributed by atoms with Crippen LogP contribution >= 0.6 is 11.3 Å². The third kappa shape index (κ3) is 5.16. The Labute approximate surface area is 242 Å². The summed E-state index contributed by atoms with van der Waals surface area (Å²) in [5.74, 6) is 1.22. The molecule has 0 radical (unpaired) electrons. The summed E-state index contributed by atoms with van der Waals surface area (Å²) in [4.78, 5) is 36.6. The molecule has 0 bridgehead atoms. The SMILES string of the molecule is C=C(/C=C\C)N1CCC[C@@H](NC(=O)c2sc3nccc4c3c2NC(=O)N4c2ccc(Oc3ccccc3)cc2C)C1. The molecule has 9 heteroatoms. The van der Waals surface area contributed by atoms with Crippen molar-refractivity contribution in [1.29, 1.82) is 0 Å². The molecular weight excluding hydrogens is 534 g/mol. The summed E-state index contributed by atoms with van der Waals surface area (Å²) in [5, 5.41) is 6.95. The van der Waals surface area contributed by atoms with Crippen LogP contribution in [-0.2, 0) is 0 Å². The molecule has 2 aliphatic heterocycles. The normalized spacial score (nSPS) is 16.6. The zero-order valence-electron chi connectivity index (χ0n) is 23.0. The summed E-state index contributed by atoms with van der Waals surface area (Å²) in [5.41, 5.74) is 3.74. The van der Waals surface area contributed by atoms with Crippen molar-refractivity contribution in [3.8, 4) is 11.5 Å². The number of urea groups is 1. The van der Waals surface area contributed by atoms with Crippen LogP contribution in [0.15, 0.2) is 85.2 Å². The van der Waals surface area contributed by atoms with Gasteiger partial charge in [0.1, 0.15) is 21.2 Å². The first kappa shape index (κ1) is 26.6. The number of likely N-dealkylation sites (tertiary alicyclic amines) is 1. The molecule has 2 aromatic carbocycles. The van der Waals surface area contributed by atoms with Crippen molar-refractivity contribution in [2.24, 2.45) is 0 Å². The lowest BCUT2D eigenvalue weighted by Gasteiger charge is -2.35. The van der Waals surface area contributed by atoms with Crippen LogP contribution in [0.4, 0.5) is 21.9 Å². The highest BCUT2D eigenvalue weighted by Crippen LogP contribution is 2.46. The number of carbonyl (C=O) groups is 2. The third-order valence-electron chi connectivity index (χ3n) is 7.36. The fourth-order valence-corrected chi connectivity index (χ4v) is 6.48. The summed E-state index contributed by atoms with van der Waals surface area (Å²) in [6.07, 6.45) is 7.49. The summed E-state index contributed by atoms with van der Waals surface area (Å²) < 4.78 is 5.98. The number of thiophene rings is 1. The van der Waals surface area contributed by atoms with Crippen molar-refractivity contribution in [3.63, 3.8) is 0 Å². The number of pyridine rings is 1. The number of nitrogens with one attached hydrogen (secondary N) is 2. The van der Waals surface area contributed by atoms with Gasteiger partial charge in [-0.3, -0.25) is 9.69 Å². The van der Waals surface area contributed by atoms with E-state index in [4.69, 9.17) is 4.74 Å². The molecule has 8 nitrogen and oxygen atoms in total. The van der Waals surface area contributed by atoms with E-state index in [1.54, 1.807) is 11.1 Å². The van der Waals surface area contributed by atoms with Crippen molar-refractivity contribution >= 4 is 50.6 Å². The van der Waals surface area contributed by atoms with Crippen molar-refractivity contribution in [3.05, 3.63) is 95.7 Å². The lowest BCUT2D eigenvalue weighted by atomic mass is 10.0. The van der Waals surface area contributed by atoms with Crippen LogP contribution in [0.5, 0.6) is 11.5 Å². The highest BCUT2D eigenvalue weighted by atomic mass is 32.1. The van der Waals surface area contributed by atoms with E-state index in [0.717, 1.165) is 47.5 Å².